The van der Waals surface area contributed by atoms with Gasteiger partial charge in [0.2, 0.25) is 0 Å². The van der Waals surface area contributed by atoms with Gasteiger partial charge in [0.1, 0.15) is 0 Å². The summed E-state index contributed by atoms with van der Waals surface area (Å²) < 4.78 is 0. The number of hydrogen-bond acceptors (Lipinski definition) is 0. The summed E-state index contributed by atoms with van der Waals surface area (Å²) in [6.45, 7) is 2.30. The van der Waals surface area contributed by atoms with E-state index < -0.39 is 0 Å². The molecule has 2 aliphatic carbocycles. The van der Waals surface area contributed by atoms with Crippen LogP contribution in [-0.2, 0) is 0 Å². The first kappa shape index (κ1) is 6.45. The monoisotopic (exact) mass is 136 g/mol. The first-order valence-electron chi connectivity index (χ1n) is 4.62. The van der Waals surface area contributed by atoms with Gasteiger partial charge >= 0.3 is 0 Å². The van der Waals surface area contributed by atoms with Crippen LogP contribution in [0.2, 0.25) is 0 Å². The van der Waals surface area contributed by atoms with Gasteiger partial charge in [-0.15, -0.1) is 0 Å². The van der Waals surface area contributed by atoms with Crippen molar-refractivity contribution < 1.29 is 0 Å². The second kappa shape index (κ2) is 2.41. The molecule has 56 valence electrons. The van der Waals surface area contributed by atoms with Crippen LogP contribution in [0.25, 0.3) is 0 Å². The van der Waals surface area contributed by atoms with Crippen LogP contribution in [0.1, 0.15) is 45.4 Å². The van der Waals surface area contributed by atoms with Gasteiger partial charge in [-0.05, 0) is 38.0 Å². The molecule has 0 nitrogen and oxygen atoms in total. The average Bonchev–Trinajstić information content (AvgIpc) is 2.08. The maximum Gasteiger partial charge on any atom is -0.0197 e. The van der Waals surface area contributed by atoms with Crippen LogP contribution >= 0.6 is 0 Å². The molecule has 0 heterocycles. The van der Waals surface area contributed by atoms with Crippen molar-refractivity contribution in [1.82, 2.24) is 0 Å². The van der Waals surface area contributed by atoms with Gasteiger partial charge in [-0.3, -0.25) is 0 Å². The molecule has 2 rings (SSSR count). The van der Waals surface area contributed by atoms with E-state index in [1.54, 1.807) is 0 Å². The summed E-state index contributed by atoms with van der Waals surface area (Å²) in [5.41, 5.74) is 3.69. The third-order valence-electron chi connectivity index (χ3n) is 3.07. The Bertz CT molecular complexity index is 165. The maximum atomic E-state index is 2.30. The van der Waals surface area contributed by atoms with Crippen LogP contribution in [0.4, 0.5) is 0 Å². The Balaban J connectivity index is 2.00. The molecule has 0 aliphatic heterocycles. The summed E-state index contributed by atoms with van der Waals surface area (Å²) in [5, 5.41) is 0. The predicted molar refractivity (Wildman–Crippen MR) is 43.9 cm³/mol. The molecule has 0 aromatic carbocycles. The number of allylic oxidation sites excluding steroid dienone is 2. The standard InChI is InChI=1S/C10H16/c1-2-3-8-4-5-9-6-7-10(8)9/h8H,2-7H2,1H3. The van der Waals surface area contributed by atoms with Crippen molar-refractivity contribution in [1.29, 1.82) is 0 Å². The zero-order valence-electron chi connectivity index (χ0n) is 6.82. The van der Waals surface area contributed by atoms with Crippen molar-refractivity contribution in [3.05, 3.63) is 11.1 Å². The molecular formula is C10H16. The lowest BCUT2D eigenvalue weighted by Gasteiger charge is -2.21. The van der Waals surface area contributed by atoms with Crippen molar-refractivity contribution in [2.24, 2.45) is 5.92 Å². The Morgan fingerprint density at radius 1 is 1.30 bits per heavy atom. The fraction of sp³-hybridized carbons (Fsp3) is 0.800. The normalized spacial score (nSPS) is 30.3. The van der Waals surface area contributed by atoms with E-state index in [-0.39, 0.29) is 0 Å². The Kier molecular flexibility index (Phi) is 1.55. The summed E-state index contributed by atoms with van der Waals surface area (Å²) in [4.78, 5) is 0. The maximum absolute atomic E-state index is 2.30. The highest BCUT2D eigenvalue weighted by atomic mass is 14.3. The molecular weight excluding hydrogens is 120 g/mol. The fourth-order valence-electron chi connectivity index (χ4n) is 2.41. The quantitative estimate of drug-likeness (QED) is 0.511. The Morgan fingerprint density at radius 2 is 2.20 bits per heavy atom. The first-order chi connectivity index (χ1) is 4.92. The van der Waals surface area contributed by atoms with Crippen molar-refractivity contribution in [3.8, 4) is 0 Å². The van der Waals surface area contributed by atoms with E-state index in [9.17, 15) is 0 Å². The molecule has 0 fully saturated rings. The second-order valence-corrected chi connectivity index (χ2v) is 3.65. The number of hydrogen-bond donors (Lipinski definition) is 0. The van der Waals surface area contributed by atoms with Crippen molar-refractivity contribution in [2.75, 3.05) is 0 Å². The Labute approximate surface area is 63.3 Å². The van der Waals surface area contributed by atoms with Gasteiger partial charge in [0.15, 0.2) is 0 Å². The lowest BCUT2D eigenvalue weighted by Crippen LogP contribution is -2.05. The lowest BCUT2D eigenvalue weighted by atomic mass is 9.85. The minimum Gasteiger partial charge on any atom is -0.0704 e. The largest absolute Gasteiger partial charge is 0.0704 e. The van der Waals surface area contributed by atoms with Crippen LogP contribution in [0, 0.1) is 5.92 Å². The van der Waals surface area contributed by atoms with Crippen LogP contribution in [0.5, 0.6) is 0 Å². The van der Waals surface area contributed by atoms with Gasteiger partial charge in [-0.2, -0.15) is 0 Å². The second-order valence-electron chi connectivity index (χ2n) is 3.65. The van der Waals surface area contributed by atoms with Gasteiger partial charge in [0.05, 0.1) is 0 Å². The summed E-state index contributed by atoms with van der Waals surface area (Å²) in [6, 6.07) is 0. The van der Waals surface area contributed by atoms with E-state index in [0.29, 0.717) is 0 Å². The summed E-state index contributed by atoms with van der Waals surface area (Å²) >= 11 is 0. The molecule has 0 heteroatoms. The molecule has 0 spiro atoms. The fourth-order valence-corrected chi connectivity index (χ4v) is 2.41. The zero-order valence-corrected chi connectivity index (χ0v) is 6.82. The van der Waals surface area contributed by atoms with Gasteiger partial charge < -0.3 is 0 Å². The molecule has 10 heavy (non-hydrogen) atoms. The molecule has 0 aromatic rings. The van der Waals surface area contributed by atoms with Crippen molar-refractivity contribution in [2.45, 2.75) is 45.4 Å². The minimum absolute atomic E-state index is 1.02. The molecule has 2 aliphatic rings. The molecule has 0 aromatic heterocycles. The Hall–Kier alpha value is -0.260. The van der Waals surface area contributed by atoms with Gasteiger partial charge in [0.25, 0.3) is 0 Å². The van der Waals surface area contributed by atoms with Gasteiger partial charge in [-0.25, -0.2) is 0 Å². The topological polar surface area (TPSA) is 0 Å². The lowest BCUT2D eigenvalue weighted by molar-refractivity contribution is 0.531. The number of rotatable bonds is 2. The highest BCUT2D eigenvalue weighted by Crippen LogP contribution is 2.46. The predicted octanol–water partition coefficient (Wildman–Crippen LogP) is 3.29. The van der Waals surface area contributed by atoms with E-state index in [1.165, 1.54) is 38.5 Å². The van der Waals surface area contributed by atoms with Gasteiger partial charge in [-0.1, -0.05) is 24.5 Å². The van der Waals surface area contributed by atoms with E-state index in [1.807, 2.05) is 11.1 Å². The third kappa shape index (κ3) is 0.817. The van der Waals surface area contributed by atoms with Crippen LogP contribution in [0.3, 0.4) is 0 Å². The minimum atomic E-state index is 1.02. The molecule has 0 amide bonds. The van der Waals surface area contributed by atoms with Crippen molar-refractivity contribution in [3.63, 3.8) is 0 Å². The van der Waals surface area contributed by atoms with Gasteiger partial charge in [0, 0.05) is 0 Å². The average molecular weight is 136 g/mol. The molecule has 0 saturated heterocycles. The molecule has 1 atom stereocenters. The SMILES string of the molecule is CCCC1CCC2=C1CC2. The highest BCUT2D eigenvalue weighted by molar-refractivity contribution is 5.31. The van der Waals surface area contributed by atoms with E-state index in [4.69, 9.17) is 0 Å². The first-order valence-corrected chi connectivity index (χ1v) is 4.62. The molecule has 0 radical (unpaired) electrons. The van der Waals surface area contributed by atoms with E-state index >= 15 is 0 Å². The van der Waals surface area contributed by atoms with E-state index in [0.717, 1.165) is 5.92 Å². The smallest absolute Gasteiger partial charge is 0.0197 e. The highest BCUT2D eigenvalue weighted by Gasteiger charge is 2.29. The Morgan fingerprint density at radius 3 is 2.70 bits per heavy atom. The molecule has 0 bridgehead atoms. The summed E-state index contributed by atoms with van der Waals surface area (Å²) in [6.07, 6.45) is 8.65. The third-order valence-corrected chi connectivity index (χ3v) is 3.07. The zero-order chi connectivity index (χ0) is 6.97. The summed E-state index contributed by atoms with van der Waals surface area (Å²) in [5.74, 6) is 1.02. The van der Waals surface area contributed by atoms with Crippen molar-refractivity contribution >= 4 is 0 Å². The van der Waals surface area contributed by atoms with E-state index in [2.05, 4.69) is 6.92 Å². The summed E-state index contributed by atoms with van der Waals surface area (Å²) in [7, 11) is 0. The molecule has 1 unspecified atom stereocenters. The molecule has 0 saturated carbocycles. The van der Waals surface area contributed by atoms with Crippen LogP contribution in [-0.4, -0.2) is 0 Å². The van der Waals surface area contributed by atoms with Crippen LogP contribution < -0.4 is 0 Å². The van der Waals surface area contributed by atoms with Crippen LogP contribution in [0.15, 0.2) is 11.1 Å². The molecule has 0 N–H and O–H groups in total.